The van der Waals surface area contributed by atoms with Gasteiger partial charge in [0.15, 0.2) is 5.78 Å². The van der Waals surface area contributed by atoms with Crippen LogP contribution in [0.2, 0.25) is 0 Å². The largest absolute Gasteiger partial charge is 0.465 e. The number of Topliss-reactive ketones (excluding diaryl/α,β-unsaturated/α-hetero) is 1. The maximum absolute atomic E-state index is 12.5. The summed E-state index contributed by atoms with van der Waals surface area (Å²) >= 11 is 0. The minimum Gasteiger partial charge on any atom is -0.465 e. The topological polar surface area (TPSA) is 52.6 Å². The second kappa shape index (κ2) is 6.37. The summed E-state index contributed by atoms with van der Waals surface area (Å²) in [5.74, 6) is 0.277. The predicted octanol–water partition coefficient (Wildman–Crippen LogP) is 3.07. The average molecular weight is 306 g/mol. The molecule has 0 aromatic rings. The van der Waals surface area contributed by atoms with Gasteiger partial charge in [0.1, 0.15) is 0 Å². The first-order chi connectivity index (χ1) is 10.3. The highest BCUT2D eigenvalue weighted by Gasteiger charge is 2.53. The van der Waals surface area contributed by atoms with E-state index in [2.05, 4.69) is 20.1 Å². The Kier molecular flexibility index (Phi) is 4.90. The van der Waals surface area contributed by atoms with E-state index in [4.69, 9.17) is 9.47 Å². The predicted molar refractivity (Wildman–Crippen MR) is 84.3 cm³/mol. The third-order valence-electron chi connectivity index (χ3n) is 5.36. The summed E-state index contributed by atoms with van der Waals surface area (Å²) in [6.07, 6.45) is 2.72. The van der Waals surface area contributed by atoms with Crippen LogP contribution in [-0.2, 0) is 19.1 Å². The number of rotatable bonds is 3. The number of ether oxygens (including phenoxy) is 2. The number of fused-ring (bicyclic) bond motifs is 1. The number of allylic oxidation sites excluding steroid dienone is 1. The Labute approximate surface area is 132 Å². The van der Waals surface area contributed by atoms with Crippen LogP contribution in [0.4, 0.5) is 0 Å². The van der Waals surface area contributed by atoms with Crippen LogP contribution in [0, 0.1) is 17.3 Å². The van der Waals surface area contributed by atoms with E-state index in [0.29, 0.717) is 24.5 Å². The lowest BCUT2D eigenvalue weighted by atomic mass is 9.51. The number of carbonyl (C=O) groups excluding carboxylic acids is 2. The molecule has 4 heteroatoms. The molecule has 0 N–H and O–H groups in total. The maximum Gasteiger partial charge on any atom is 0.302 e. The van der Waals surface area contributed by atoms with Gasteiger partial charge in [0, 0.05) is 31.4 Å². The van der Waals surface area contributed by atoms with Gasteiger partial charge in [-0.25, -0.2) is 0 Å². The van der Waals surface area contributed by atoms with Gasteiger partial charge in [-0.3, -0.25) is 9.59 Å². The third kappa shape index (κ3) is 3.17. The first kappa shape index (κ1) is 16.9. The molecule has 0 aliphatic heterocycles. The highest BCUT2D eigenvalue weighted by Crippen LogP contribution is 2.56. The normalized spacial score (nSPS) is 35.8. The Morgan fingerprint density at radius 3 is 2.68 bits per heavy atom. The molecule has 2 aliphatic rings. The zero-order chi connectivity index (χ0) is 16.5. The van der Waals surface area contributed by atoms with Crippen LogP contribution >= 0.6 is 0 Å². The number of esters is 1. The zero-order valence-electron chi connectivity index (χ0n) is 13.8. The minimum atomic E-state index is -0.276. The average Bonchev–Trinajstić information content (AvgIpc) is 2.50. The fourth-order valence-corrected chi connectivity index (χ4v) is 3.82. The number of hydrogen-bond donors (Lipinski definition) is 0. The van der Waals surface area contributed by atoms with Crippen molar-refractivity contribution in [2.45, 2.75) is 45.6 Å². The van der Waals surface area contributed by atoms with Crippen molar-refractivity contribution in [2.24, 2.45) is 17.3 Å². The van der Waals surface area contributed by atoms with E-state index in [9.17, 15) is 9.59 Å². The Hall–Kier alpha value is -1.42. The lowest BCUT2D eigenvalue weighted by Crippen LogP contribution is -2.50. The van der Waals surface area contributed by atoms with Crippen LogP contribution in [0.25, 0.3) is 0 Å². The first-order valence-electron chi connectivity index (χ1n) is 7.84. The summed E-state index contributed by atoms with van der Waals surface area (Å²) in [7, 11) is 1.61. The monoisotopic (exact) mass is 306 g/mol. The van der Waals surface area contributed by atoms with E-state index in [1.165, 1.54) is 12.5 Å². The highest BCUT2D eigenvalue weighted by atomic mass is 16.5. The smallest absolute Gasteiger partial charge is 0.302 e. The van der Waals surface area contributed by atoms with Crippen molar-refractivity contribution in [2.75, 3.05) is 13.7 Å². The molecule has 4 nitrogen and oxygen atoms in total. The standard InChI is InChI=1S/C18H26O4/c1-11-6-7-17(21-5)12(2)16(20)8-15-14(11)9-18(15,4)10-22-13(3)19/h14-15,17H,1-2,6-10H2,3-5H3. The summed E-state index contributed by atoms with van der Waals surface area (Å²) < 4.78 is 10.6. The van der Waals surface area contributed by atoms with Crippen LogP contribution in [0.3, 0.4) is 0 Å². The van der Waals surface area contributed by atoms with Gasteiger partial charge in [-0.1, -0.05) is 25.7 Å². The summed E-state index contributed by atoms with van der Waals surface area (Å²) in [6, 6.07) is 0. The molecule has 2 aliphatic carbocycles. The van der Waals surface area contributed by atoms with Gasteiger partial charge in [-0.2, -0.15) is 0 Å². The molecule has 0 amide bonds. The molecule has 2 saturated carbocycles. The van der Waals surface area contributed by atoms with Crippen LogP contribution in [0.15, 0.2) is 24.3 Å². The second-order valence-corrected chi connectivity index (χ2v) is 6.93. The summed E-state index contributed by atoms with van der Waals surface area (Å²) in [6.45, 7) is 12.0. The summed E-state index contributed by atoms with van der Waals surface area (Å²) in [4.78, 5) is 23.6. The first-order valence-corrected chi connectivity index (χ1v) is 7.84. The highest BCUT2D eigenvalue weighted by molar-refractivity contribution is 5.96. The molecule has 0 radical (unpaired) electrons. The fraction of sp³-hybridized carbons (Fsp3) is 0.667. The number of hydrogen-bond acceptors (Lipinski definition) is 4. The maximum atomic E-state index is 12.5. The quantitative estimate of drug-likeness (QED) is 0.457. The molecule has 2 fully saturated rings. The molecule has 2 rings (SSSR count). The van der Waals surface area contributed by atoms with Crippen molar-refractivity contribution in [3.05, 3.63) is 24.3 Å². The van der Waals surface area contributed by atoms with E-state index < -0.39 is 0 Å². The van der Waals surface area contributed by atoms with Gasteiger partial charge in [0.25, 0.3) is 0 Å². The Bertz CT molecular complexity index is 507. The zero-order valence-corrected chi connectivity index (χ0v) is 13.8. The van der Waals surface area contributed by atoms with E-state index in [1.807, 2.05) is 0 Å². The molecule has 0 aromatic carbocycles. The molecule has 4 atom stereocenters. The number of methoxy groups -OCH3 is 1. The van der Waals surface area contributed by atoms with Crippen molar-refractivity contribution < 1.29 is 19.1 Å². The lowest BCUT2D eigenvalue weighted by Gasteiger charge is -2.53. The molecular weight excluding hydrogens is 280 g/mol. The molecule has 0 spiro atoms. The van der Waals surface area contributed by atoms with E-state index in [0.717, 1.165) is 19.3 Å². The molecule has 22 heavy (non-hydrogen) atoms. The number of ketones is 1. The van der Waals surface area contributed by atoms with Gasteiger partial charge in [0.05, 0.1) is 12.7 Å². The number of carbonyl (C=O) groups is 2. The van der Waals surface area contributed by atoms with Crippen LogP contribution in [0.1, 0.15) is 39.5 Å². The van der Waals surface area contributed by atoms with Crippen molar-refractivity contribution in [3.8, 4) is 0 Å². The van der Waals surface area contributed by atoms with Crippen molar-refractivity contribution >= 4 is 11.8 Å². The summed E-state index contributed by atoms with van der Waals surface area (Å²) in [5, 5.41) is 0. The fourth-order valence-electron chi connectivity index (χ4n) is 3.82. The molecular formula is C18H26O4. The Morgan fingerprint density at radius 1 is 1.41 bits per heavy atom. The van der Waals surface area contributed by atoms with Gasteiger partial charge in [-0.15, -0.1) is 0 Å². The second-order valence-electron chi connectivity index (χ2n) is 6.93. The Balaban J connectivity index is 2.17. The van der Waals surface area contributed by atoms with E-state index >= 15 is 0 Å². The van der Waals surface area contributed by atoms with Gasteiger partial charge in [-0.05, 0) is 31.1 Å². The lowest BCUT2D eigenvalue weighted by molar-refractivity contribution is -0.153. The van der Waals surface area contributed by atoms with Gasteiger partial charge < -0.3 is 9.47 Å². The van der Waals surface area contributed by atoms with Gasteiger partial charge in [0.2, 0.25) is 0 Å². The SMILES string of the molecule is C=C1C(=O)CC2C(CC2(C)COC(C)=O)C(=C)CCC1OC. The van der Waals surface area contributed by atoms with Crippen molar-refractivity contribution in [1.29, 1.82) is 0 Å². The molecule has 0 heterocycles. The van der Waals surface area contributed by atoms with Crippen LogP contribution < -0.4 is 0 Å². The van der Waals surface area contributed by atoms with Crippen molar-refractivity contribution in [1.82, 2.24) is 0 Å². The molecule has 0 saturated heterocycles. The molecule has 0 aromatic heterocycles. The Morgan fingerprint density at radius 2 is 2.09 bits per heavy atom. The third-order valence-corrected chi connectivity index (χ3v) is 5.36. The van der Waals surface area contributed by atoms with E-state index in [1.54, 1.807) is 7.11 Å². The molecule has 4 unspecified atom stereocenters. The molecule has 0 bridgehead atoms. The molecule has 122 valence electrons. The summed E-state index contributed by atoms with van der Waals surface area (Å²) in [5.41, 5.74) is 1.58. The van der Waals surface area contributed by atoms with Crippen molar-refractivity contribution in [3.63, 3.8) is 0 Å². The van der Waals surface area contributed by atoms with Crippen LogP contribution in [-0.4, -0.2) is 31.6 Å². The minimum absolute atomic E-state index is 0.0605. The van der Waals surface area contributed by atoms with Crippen LogP contribution in [0.5, 0.6) is 0 Å². The van der Waals surface area contributed by atoms with Gasteiger partial charge >= 0.3 is 5.97 Å². The van der Waals surface area contributed by atoms with E-state index in [-0.39, 0.29) is 29.2 Å².